The standard InChI is InChI=1S/C19H16ClNO4/c1-12-16(21-19(25-12)14-4-6-15(20)7-5-14)11-24-17-8-3-13(10-22)9-18(17)23-2/h3-10H,11H2,1-2H3. The fourth-order valence-electron chi connectivity index (χ4n) is 2.30. The molecular formula is C19H16ClNO4. The lowest BCUT2D eigenvalue weighted by Gasteiger charge is -2.10. The fourth-order valence-corrected chi connectivity index (χ4v) is 2.43. The number of carbonyl (C=O) groups is 1. The normalized spacial score (nSPS) is 10.5. The van der Waals surface area contributed by atoms with E-state index in [1.807, 2.05) is 19.1 Å². The molecule has 0 saturated carbocycles. The van der Waals surface area contributed by atoms with E-state index in [4.69, 9.17) is 25.5 Å². The Kier molecular flexibility index (Phi) is 5.05. The molecule has 0 amide bonds. The number of hydrogen-bond acceptors (Lipinski definition) is 5. The summed E-state index contributed by atoms with van der Waals surface area (Å²) in [6, 6.07) is 12.2. The molecule has 2 aromatic carbocycles. The number of benzene rings is 2. The van der Waals surface area contributed by atoms with Crippen LogP contribution in [-0.2, 0) is 6.61 Å². The predicted octanol–water partition coefficient (Wildman–Crippen LogP) is 4.70. The molecule has 0 saturated heterocycles. The van der Waals surface area contributed by atoms with Gasteiger partial charge in [-0.3, -0.25) is 4.79 Å². The second-order valence-electron chi connectivity index (χ2n) is 5.35. The van der Waals surface area contributed by atoms with E-state index in [-0.39, 0.29) is 6.61 Å². The van der Waals surface area contributed by atoms with Gasteiger partial charge in [-0.05, 0) is 49.4 Å². The molecule has 0 spiro atoms. The van der Waals surface area contributed by atoms with Crippen molar-refractivity contribution in [3.05, 3.63) is 64.5 Å². The van der Waals surface area contributed by atoms with Crippen molar-refractivity contribution in [3.63, 3.8) is 0 Å². The highest BCUT2D eigenvalue weighted by atomic mass is 35.5. The van der Waals surface area contributed by atoms with E-state index in [0.717, 1.165) is 11.8 Å². The molecule has 0 fully saturated rings. The number of halogens is 1. The maximum atomic E-state index is 10.8. The van der Waals surface area contributed by atoms with Gasteiger partial charge in [-0.1, -0.05) is 11.6 Å². The topological polar surface area (TPSA) is 61.6 Å². The second-order valence-corrected chi connectivity index (χ2v) is 5.78. The highest BCUT2D eigenvalue weighted by molar-refractivity contribution is 6.30. The lowest BCUT2D eigenvalue weighted by molar-refractivity contribution is 0.112. The Morgan fingerprint density at radius 1 is 1.16 bits per heavy atom. The smallest absolute Gasteiger partial charge is 0.226 e. The van der Waals surface area contributed by atoms with Crippen LogP contribution in [0.3, 0.4) is 0 Å². The van der Waals surface area contributed by atoms with Crippen LogP contribution in [0.15, 0.2) is 46.9 Å². The van der Waals surface area contributed by atoms with Crippen LogP contribution in [-0.4, -0.2) is 18.4 Å². The fraction of sp³-hybridized carbons (Fsp3) is 0.158. The van der Waals surface area contributed by atoms with Crippen LogP contribution in [0.2, 0.25) is 5.02 Å². The molecule has 0 bridgehead atoms. The molecule has 0 N–H and O–H groups in total. The molecule has 0 aliphatic rings. The highest BCUT2D eigenvalue weighted by Gasteiger charge is 2.13. The zero-order valence-electron chi connectivity index (χ0n) is 13.8. The van der Waals surface area contributed by atoms with Gasteiger partial charge in [0.1, 0.15) is 24.3 Å². The van der Waals surface area contributed by atoms with Crippen molar-refractivity contribution in [2.45, 2.75) is 13.5 Å². The Balaban J connectivity index is 1.78. The third-order valence-corrected chi connectivity index (χ3v) is 3.92. The van der Waals surface area contributed by atoms with Gasteiger partial charge in [-0.25, -0.2) is 4.98 Å². The number of nitrogens with zero attached hydrogens (tertiary/aromatic N) is 1. The highest BCUT2D eigenvalue weighted by Crippen LogP contribution is 2.29. The summed E-state index contributed by atoms with van der Waals surface area (Å²) in [6.45, 7) is 2.05. The number of ether oxygens (including phenoxy) is 2. The molecule has 0 atom stereocenters. The Morgan fingerprint density at radius 3 is 2.60 bits per heavy atom. The molecular weight excluding hydrogens is 342 g/mol. The van der Waals surface area contributed by atoms with Crippen molar-refractivity contribution >= 4 is 17.9 Å². The van der Waals surface area contributed by atoms with Crippen molar-refractivity contribution in [3.8, 4) is 23.0 Å². The Hall–Kier alpha value is -2.79. The van der Waals surface area contributed by atoms with Crippen LogP contribution < -0.4 is 9.47 Å². The van der Waals surface area contributed by atoms with Gasteiger partial charge in [0.15, 0.2) is 11.5 Å². The van der Waals surface area contributed by atoms with Gasteiger partial charge < -0.3 is 13.9 Å². The molecule has 0 aliphatic heterocycles. The summed E-state index contributed by atoms with van der Waals surface area (Å²) in [4.78, 5) is 15.3. The third kappa shape index (κ3) is 3.83. The number of carbonyl (C=O) groups excluding carboxylic acids is 1. The van der Waals surface area contributed by atoms with E-state index < -0.39 is 0 Å². The predicted molar refractivity (Wildman–Crippen MR) is 94.4 cm³/mol. The summed E-state index contributed by atoms with van der Waals surface area (Å²) in [5, 5.41) is 0.654. The number of hydrogen-bond donors (Lipinski definition) is 0. The van der Waals surface area contributed by atoms with Gasteiger partial charge in [0, 0.05) is 16.1 Å². The number of oxazole rings is 1. The van der Waals surface area contributed by atoms with E-state index in [0.29, 0.717) is 39.4 Å². The Labute approximate surface area is 150 Å². The molecule has 0 aliphatic carbocycles. The van der Waals surface area contributed by atoms with Crippen LogP contribution in [0.25, 0.3) is 11.5 Å². The summed E-state index contributed by atoms with van der Waals surface area (Å²) in [6.07, 6.45) is 0.756. The molecule has 0 radical (unpaired) electrons. The van der Waals surface area contributed by atoms with Crippen LogP contribution in [0.5, 0.6) is 11.5 Å². The van der Waals surface area contributed by atoms with E-state index in [1.54, 1.807) is 30.3 Å². The lowest BCUT2D eigenvalue weighted by Crippen LogP contribution is -2.00. The summed E-state index contributed by atoms with van der Waals surface area (Å²) < 4.78 is 16.7. The summed E-state index contributed by atoms with van der Waals surface area (Å²) in [5.74, 6) is 2.21. The molecule has 3 aromatic rings. The van der Waals surface area contributed by atoms with Crippen molar-refractivity contribution in [1.82, 2.24) is 4.98 Å². The second kappa shape index (κ2) is 7.40. The number of rotatable bonds is 6. The molecule has 5 nitrogen and oxygen atoms in total. The molecule has 0 unspecified atom stereocenters. The van der Waals surface area contributed by atoms with Crippen molar-refractivity contribution in [2.24, 2.45) is 0 Å². The van der Waals surface area contributed by atoms with Crippen LogP contribution in [0, 0.1) is 6.92 Å². The molecule has 6 heteroatoms. The van der Waals surface area contributed by atoms with Gasteiger partial charge in [0.2, 0.25) is 5.89 Å². The van der Waals surface area contributed by atoms with E-state index in [2.05, 4.69) is 4.98 Å². The summed E-state index contributed by atoms with van der Waals surface area (Å²) in [5.41, 5.74) is 2.05. The van der Waals surface area contributed by atoms with Gasteiger partial charge in [0.25, 0.3) is 0 Å². The first kappa shape index (κ1) is 17.0. The number of aldehydes is 1. The minimum Gasteiger partial charge on any atom is -0.493 e. The SMILES string of the molecule is COc1cc(C=O)ccc1OCc1nc(-c2ccc(Cl)cc2)oc1C. The molecule has 3 rings (SSSR count). The Bertz CT molecular complexity index is 887. The quantitative estimate of drug-likeness (QED) is 0.598. The monoisotopic (exact) mass is 357 g/mol. The zero-order chi connectivity index (χ0) is 17.8. The first-order valence-corrected chi connectivity index (χ1v) is 7.96. The molecule has 1 aromatic heterocycles. The van der Waals surface area contributed by atoms with Crippen LogP contribution in [0.4, 0.5) is 0 Å². The first-order valence-electron chi connectivity index (χ1n) is 7.59. The first-order chi connectivity index (χ1) is 12.1. The van der Waals surface area contributed by atoms with Gasteiger partial charge in [-0.15, -0.1) is 0 Å². The number of methoxy groups -OCH3 is 1. The summed E-state index contributed by atoms with van der Waals surface area (Å²) in [7, 11) is 1.52. The largest absolute Gasteiger partial charge is 0.493 e. The molecule has 1 heterocycles. The van der Waals surface area contributed by atoms with Crippen molar-refractivity contribution in [1.29, 1.82) is 0 Å². The minimum absolute atomic E-state index is 0.222. The van der Waals surface area contributed by atoms with E-state index in [1.165, 1.54) is 7.11 Å². The van der Waals surface area contributed by atoms with Gasteiger partial charge >= 0.3 is 0 Å². The van der Waals surface area contributed by atoms with Crippen LogP contribution in [0.1, 0.15) is 21.8 Å². The average molecular weight is 358 g/mol. The molecule has 25 heavy (non-hydrogen) atoms. The number of aryl methyl sites for hydroxylation is 1. The lowest BCUT2D eigenvalue weighted by atomic mass is 10.2. The Morgan fingerprint density at radius 2 is 1.92 bits per heavy atom. The maximum absolute atomic E-state index is 10.8. The molecule has 128 valence electrons. The third-order valence-electron chi connectivity index (χ3n) is 3.67. The van der Waals surface area contributed by atoms with Crippen LogP contribution >= 0.6 is 11.6 Å². The van der Waals surface area contributed by atoms with E-state index >= 15 is 0 Å². The van der Waals surface area contributed by atoms with Crippen molar-refractivity contribution in [2.75, 3.05) is 7.11 Å². The average Bonchev–Trinajstić information content (AvgIpc) is 3.01. The van der Waals surface area contributed by atoms with Crippen molar-refractivity contribution < 1.29 is 18.7 Å². The van der Waals surface area contributed by atoms with E-state index in [9.17, 15) is 4.79 Å². The minimum atomic E-state index is 0.222. The maximum Gasteiger partial charge on any atom is 0.226 e. The van der Waals surface area contributed by atoms with Gasteiger partial charge in [-0.2, -0.15) is 0 Å². The summed E-state index contributed by atoms with van der Waals surface area (Å²) >= 11 is 5.90. The number of aromatic nitrogens is 1. The zero-order valence-corrected chi connectivity index (χ0v) is 14.5. The van der Waals surface area contributed by atoms with Gasteiger partial charge in [0.05, 0.1) is 7.11 Å².